The summed E-state index contributed by atoms with van der Waals surface area (Å²) in [4.78, 5) is 12.2. The summed E-state index contributed by atoms with van der Waals surface area (Å²) in [5, 5.41) is 22.6. The summed E-state index contributed by atoms with van der Waals surface area (Å²) in [5.41, 5.74) is 0. The number of carbonyl (C=O) groups is 1. The van der Waals surface area contributed by atoms with Gasteiger partial charge in [0.2, 0.25) is 5.91 Å². The largest absolute Gasteiger partial charge is 0.394 e. The minimum absolute atomic E-state index is 0.0799. The van der Waals surface area contributed by atoms with Gasteiger partial charge in [-0.05, 0) is 32.1 Å². The number of hydrogen-bond donors (Lipinski definition) is 3. The van der Waals surface area contributed by atoms with Crippen LogP contribution in [0.3, 0.4) is 0 Å². The zero-order valence-electron chi connectivity index (χ0n) is 22.6. The molecule has 0 aromatic carbocycles. The van der Waals surface area contributed by atoms with Crippen LogP contribution in [0.25, 0.3) is 0 Å². The third-order valence-corrected chi connectivity index (χ3v) is 6.44. The molecular formula is C30H57NO3. The molecule has 0 saturated carbocycles. The molecule has 4 nitrogen and oxygen atoms in total. The highest BCUT2D eigenvalue weighted by Gasteiger charge is 2.17. The molecule has 0 rings (SSSR count). The number of hydrogen-bond acceptors (Lipinski definition) is 3. The molecule has 3 N–H and O–H groups in total. The molecule has 0 heterocycles. The Morgan fingerprint density at radius 1 is 0.676 bits per heavy atom. The van der Waals surface area contributed by atoms with Crippen molar-refractivity contribution in [3.63, 3.8) is 0 Å². The Morgan fingerprint density at radius 2 is 1.15 bits per heavy atom. The number of unbranched alkanes of at least 4 members (excludes halogenated alkanes) is 16. The summed E-state index contributed by atoms with van der Waals surface area (Å²) in [6.07, 6.45) is 31.0. The van der Waals surface area contributed by atoms with Crippen molar-refractivity contribution in [1.82, 2.24) is 5.32 Å². The zero-order chi connectivity index (χ0) is 25.1. The average molecular weight is 480 g/mol. The lowest BCUT2D eigenvalue weighted by Crippen LogP contribution is -2.45. The fourth-order valence-corrected chi connectivity index (χ4v) is 4.13. The highest BCUT2D eigenvalue weighted by Crippen LogP contribution is 2.11. The van der Waals surface area contributed by atoms with E-state index < -0.39 is 12.1 Å². The molecule has 0 bridgehead atoms. The highest BCUT2D eigenvalue weighted by atomic mass is 16.3. The average Bonchev–Trinajstić information content (AvgIpc) is 2.84. The van der Waals surface area contributed by atoms with Crippen LogP contribution in [0.2, 0.25) is 0 Å². The first-order valence-corrected chi connectivity index (χ1v) is 14.6. The van der Waals surface area contributed by atoms with Crippen LogP contribution in [0, 0.1) is 0 Å². The number of allylic oxidation sites excluding steroid dienone is 3. The normalized spacial score (nSPS) is 13.6. The van der Waals surface area contributed by atoms with E-state index in [1.165, 1.54) is 89.9 Å². The van der Waals surface area contributed by atoms with Gasteiger partial charge in [0.05, 0.1) is 18.8 Å². The lowest BCUT2D eigenvalue weighted by Gasteiger charge is -2.19. The van der Waals surface area contributed by atoms with Crippen LogP contribution in [-0.2, 0) is 4.79 Å². The molecule has 4 heteroatoms. The number of rotatable bonds is 25. The molecular weight excluding hydrogens is 422 g/mol. The lowest BCUT2D eigenvalue weighted by atomic mass is 10.1. The molecule has 0 aromatic heterocycles. The number of amides is 1. The zero-order valence-corrected chi connectivity index (χ0v) is 22.6. The monoisotopic (exact) mass is 479 g/mol. The van der Waals surface area contributed by atoms with Crippen LogP contribution in [0.15, 0.2) is 24.3 Å². The summed E-state index contributed by atoms with van der Waals surface area (Å²) < 4.78 is 0. The van der Waals surface area contributed by atoms with E-state index in [2.05, 4.69) is 31.3 Å². The second-order valence-corrected chi connectivity index (χ2v) is 9.81. The Hall–Kier alpha value is -1.13. The highest BCUT2D eigenvalue weighted by molar-refractivity contribution is 5.76. The number of aliphatic hydroxyl groups is 2. The predicted molar refractivity (Wildman–Crippen MR) is 147 cm³/mol. The third-order valence-electron chi connectivity index (χ3n) is 6.44. The lowest BCUT2D eigenvalue weighted by molar-refractivity contribution is -0.123. The van der Waals surface area contributed by atoms with Gasteiger partial charge in [-0.3, -0.25) is 4.79 Å². The summed E-state index contributed by atoms with van der Waals surface area (Å²) in [7, 11) is 0. The van der Waals surface area contributed by atoms with Gasteiger partial charge >= 0.3 is 0 Å². The fourth-order valence-electron chi connectivity index (χ4n) is 4.13. The number of nitrogens with one attached hydrogen (secondary N) is 1. The van der Waals surface area contributed by atoms with Crippen molar-refractivity contribution < 1.29 is 15.0 Å². The Balaban J connectivity index is 3.77. The van der Waals surface area contributed by atoms with Crippen molar-refractivity contribution in [2.75, 3.05) is 6.61 Å². The predicted octanol–water partition coefficient (Wildman–Crippen LogP) is 7.78. The summed E-state index contributed by atoms with van der Waals surface area (Å²) >= 11 is 0. The molecule has 0 radical (unpaired) electrons. The summed E-state index contributed by atoms with van der Waals surface area (Å²) in [6, 6.07) is -0.630. The molecule has 2 atom stereocenters. The van der Waals surface area contributed by atoms with Crippen LogP contribution in [0.1, 0.15) is 142 Å². The third kappa shape index (κ3) is 22.7. The molecule has 0 aliphatic heterocycles. The van der Waals surface area contributed by atoms with E-state index in [1.807, 2.05) is 6.08 Å². The van der Waals surface area contributed by atoms with Crippen molar-refractivity contribution in [2.24, 2.45) is 0 Å². The Kier molecular flexibility index (Phi) is 25.6. The van der Waals surface area contributed by atoms with Gasteiger partial charge in [-0.15, -0.1) is 0 Å². The van der Waals surface area contributed by atoms with Gasteiger partial charge in [0.25, 0.3) is 0 Å². The van der Waals surface area contributed by atoms with E-state index in [-0.39, 0.29) is 12.5 Å². The standard InChI is InChI=1S/C30H57NO3/c1-3-5-7-9-11-13-15-16-17-19-21-23-25-29(33)28(27-32)31-30(34)26-24-22-20-18-14-12-10-8-6-4-2/h16-17,23,25,28-29,32-33H,3-15,18-22,24,26-27H2,1-2H3,(H,31,34)/b17-16+,25-23+. The second kappa shape index (κ2) is 26.5. The molecule has 0 aromatic rings. The quantitative estimate of drug-likeness (QED) is 0.0924. The Morgan fingerprint density at radius 3 is 1.71 bits per heavy atom. The van der Waals surface area contributed by atoms with Gasteiger partial charge in [-0.25, -0.2) is 0 Å². The van der Waals surface area contributed by atoms with Crippen molar-refractivity contribution in [1.29, 1.82) is 0 Å². The molecule has 0 aliphatic carbocycles. The van der Waals surface area contributed by atoms with E-state index in [0.29, 0.717) is 6.42 Å². The summed E-state index contributed by atoms with van der Waals surface area (Å²) in [6.45, 7) is 4.23. The van der Waals surface area contributed by atoms with Gasteiger partial charge in [0.15, 0.2) is 0 Å². The van der Waals surface area contributed by atoms with Crippen LogP contribution in [0.5, 0.6) is 0 Å². The minimum atomic E-state index is -0.853. The van der Waals surface area contributed by atoms with E-state index in [9.17, 15) is 15.0 Å². The Labute approximate surface area is 211 Å². The maximum atomic E-state index is 12.2. The molecule has 0 saturated heterocycles. The van der Waals surface area contributed by atoms with Gasteiger partial charge in [-0.2, -0.15) is 0 Å². The molecule has 0 fully saturated rings. The van der Waals surface area contributed by atoms with Crippen LogP contribution in [0.4, 0.5) is 0 Å². The molecule has 0 aliphatic rings. The van der Waals surface area contributed by atoms with Crippen molar-refractivity contribution in [3.8, 4) is 0 Å². The van der Waals surface area contributed by atoms with Gasteiger partial charge in [-0.1, -0.05) is 128 Å². The maximum absolute atomic E-state index is 12.2. The first kappa shape index (κ1) is 32.9. The molecule has 34 heavy (non-hydrogen) atoms. The Bertz CT molecular complexity index is 489. The number of aliphatic hydroxyl groups excluding tert-OH is 2. The smallest absolute Gasteiger partial charge is 0.220 e. The maximum Gasteiger partial charge on any atom is 0.220 e. The van der Waals surface area contributed by atoms with Crippen LogP contribution < -0.4 is 5.32 Å². The first-order valence-electron chi connectivity index (χ1n) is 14.6. The molecule has 200 valence electrons. The van der Waals surface area contributed by atoms with Crippen molar-refractivity contribution in [2.45, 2.75) is 154 Å². The van der Waals surface area contributed by atoms with Gasteiger partial charge in [0, 0.05) is 6.42 Å². The van der Waals surface area contributed by atoms with Gasteiger partial charge < -0.3 is 15.5 Å². The minimum Gasteiger partial charge on any atom is -0.394 e. The van der Waals surface area contributed by atoms with E-state index in [4.69, 9.17) is 0 Å². The van der Waals surface area contributed by atoms with Crippen molar-refractivity contribution in [3.05, 3.63) is 24.3 Å². The van der Waals surface area contributed by atoms with Crippen LogP contribution >= 0.6 is 0 Å². The van der Waals surface area contributed by atoms with Gasteiger partial charge in [0.1, 0.15) is 0 Å². The van der Waals surface area contributed by atoms with Crippen LogP contribution in [-0.4, -0.2) is 34.9 Å². The molecule has 0 spiro atoms. The number of carbonyl (C=O) groups excluding carboxylic acids is 1. The fraction of sp³-hybridized carbons (Fsp3) is 0.833. The molecule has 2 unspecified atom stereocenters. The SMILES string of the molecule is CCCCCCCC/C=C/CC/C=C/C(O)C(CO)NC(=O)CCCCCCCCCCCC. The second-order valence-electron chi connectivity index (χ2n) is 9.81. The van der Waals surface area contributed by atoms with Crippen molar-refractivity contribution >= 4 is 5.91 Å². The summed E-state index contributed by atoms with van der Waals surface area (Å²) in [5.74, 6) is -0.0799. The first-order chi connectivity index (χ1) is 16.7. The van der Waals surface area contributed by atoms with E-state index in [1.54, 1.807) is 6.08 Å². The molecule has 1 amide bonds. The van der Waals surface area contributed by atoms with E-state index >= 15 is 0 Å². The topological polar surface area (TPSA) is 69.6 Å². The van der Waals surface area contributed by atoms with E-state index in [0.717, 1.165) is 32.1 Å².